The Morgan fingerprint density at radius 1 is 1.08 bits per heavy atom. The molecule has 0 spiro atoms. The van der Waals surface area contributed by atoms with Crippen LogP contribution in [0.25, 0.3) is 0 Å². The Kier molecular flexibility index (Phi) is 4.42. The molecule has 0 aliphatic rings. The van der Waals surface area contributed by atoms with Gasteiger partial charge < -0.3 is 19.6 Å². The molecular formula is C17H15N3O4. The maximum Gasteiger partial charge on any atom is 0.427 e. The number of hydrogen-bond acceptors (Lipinski definition) is 5. The van der Waals surface area contributed by atoms with Crippen LogP contribution in [0.1, 0.15) is 5.56 Å². The van der Waals surface area contributed by atoms with Crippen LogP contribution in [0, 0.1) is 10.1 Å². The normalized spacial score (nSPS) is 10.4. The smallest absolute Gasteiger partial charge is 0.427 e. The minimum absolute atomic E-state index is 0.0516. The van der Waals surface area contributed by atoms with E-state index in [1.165, 1.54) is 10.9 Å². The number of rotatable bonds is 6. The summed E-state index contributed by atoms with van der Waals surface area (Å²) in [7, 11) is 1.63. The second kappa shape index (κ2) is 6.82. The molecule has 0 N–H and O–H groups in total. The van der Waals surface area contributed by atoms with Gasteiger partial charge in [0.2, 0.25) is 6.33 Å². The molecule has 2 aromatic carbocycles. The van der Waals surface area contributed by atoms with Crippen LogP contribution >= 0.6 is 0 Å². The summed E-state index contributed by atoms with van der Waals surface area (Å²) in [4.78, 5) is 14.2. The number of ether oxygens (including phenoxy) is 2. The van der Waals surface area contributed by atoms with Crippen LogP contribution in [0.2, 0.25) is 0 Å². The summed E-state index contributed by atoms with van der Waals surface area (Å²) < 4.78 is 12.9. The largest absolute Gasteiger partial charge is 0.485 e. The third-order valence-electron chi connectivity index (χ3n) is 3.33. The summed E-state index contributed by atoms with van der Waals surface area (Å²) in [6, 6.07) is 16.7. The van der Waals surface area contributed by atoms with Crippen molar-refractivity contribution < 1.29 is 14.4 Å². The van der Waals surface area contributed by atoms with Crippen LogP contribution in [0.4, 0.5) is 5.82 Å². The van der Waals surface area contributed by atoms with Crippen molar-refractivity contribution in [1.82, 2.24) is 9.55 Å². The van der Waals surface area contributed by atoms with E-state index in [0.717, 1.165) is 5.56 Å². The minimum Gasteiger partial charge on any atom is -0.485 e. The number of aryl methyl sites for hydroxylation is 1. The van der Waals surface area contributed by atoms with Crippen molar-refractivity contribution in [2.75, 3.05) is 0 Å². The maximum absolute atomic E-state index is 11.0. The van der Waals surface area contributed by atoms with Crippen molar-refractivity contribution >= 4 is 5.82 Å². The third-order valence-corrected chi connectivity index (χ3v) is 3.33. The molecule has 122 valence electrons. The molecule has 0 saturated carbocycles. The molecule has 0 radical (unpaired) electrons. The SMILES string of the molecule is Cn1cnc([N+](=O)[O-])c1Oc1ccccc1OCc1ccccc1. The Morgan fingerprint density at radius 2 is 1.75 bits per heavy atom. The van der Waals surface area contributed by atoms with Crippen LogP contribution in [-0.2, 0) is 13.7 Å². The molecule has 0 aliphatic heterocycles. The van der Waals surface area contributed by atoms with Crippen LogP contribution in [0.15, 0.2) is 60.9 Å². The lowest BCUT2D eigenvalue weighted by Crippen LogP contribution is -2.00. The average molecular weight is 325 g/mol. The van der Waals surface area contributed by atoms with E-state index in [1.807, 2.05) is 36.4 Å². The van der Waals surface area contributed by atoms with Gasteiger partial charge in [-0.2, -0.15) is 0 Å². The lowest BCUT2D eigenvalue weighted by atomic mass is 10.2. The molecule has 7 heteroatoms. The number of nitro groups is 1. The second-order valence-corrected chi connectivity index (χ2v) is 5.06. The topological polar surface area (TPSA) is 79.4 Å². The van der Waals surface area contributed by atoms with Crippen molar-refractivity contribution in [1.29, 1.82) is 0 Å². The highest BCUT2D eigenvalue weighted by Crippen LogP contribution is 2.35. The summed E-state index contributed by atoms with van der Waals surface area (Å²) >= 11 is 0. The van der Waals surface area contributed by atoms with Crippen molar-refractivity contribution in [2.45, 2.75) is 6.61 Å². The highest BCUT2D eigenvalue weighted by atomic mass is 16.6. The number of imidazole rings is 1. The molecular weight excluding hydrogens is 310 g/mol. The predicted octanol–water partition coefficient (Wildman–Crippen LogP) is 3.70. The summed E-state index contributed by atoms with van der Waals surface area (Å²) in [5.41, 5.74) is 1.01. The standard InChI is InChI=1S/C17H15N3O4/c1-19-12-18-16(20(21)22)17(19)24-15-10-6-5-9-14(15)23-11-13-7-3-2-4-8-13/h2-10,12H,11H2,1H3. The third kappa shape index (κ3) is 3.35. The van der Waals surface area contributed by atoms with Crippen LogP contribution in [-0.4, -0.2) is 14.5 Å². The van der Waals surface area contributed by atoms with Gasteiger partial charge in [0.1, 0.15) is 6.61 Å². The van der Waals surface area contributed by atoms with Gasteiger partial charge in [-0.3, -0.25) is 4.57 Å². The van der Waals surface area contributed by atoms with Gasteiger partial charge in [0.25, 0.3) is 0 Å². The van der Waals surface area contributed by atoms with Gasteiger partial charge in [-0.25, -0.2) is 0 Å². The molecule has 0 unspecified atom stereocenters. The van der Waals surface area contributed by atoms with Gasteiger partial charge >= 0.3 is 11.7 Å². The molecule has 0 amide bonds. The van der Waals surface area contributed by atoms with Gasteiger partial charge in [-0.15, -0.1) is 0 Å². The van der Waals surface area contributed by atoms with E-state index in [4.69, 9.17) is 9.47 Å². The van der Waals surface area contributed by atoms with E-state index >= 15 is 0 Å². The lowest BCUT2D eigenvalue weighted by molar-refractivity contribution is -0.390. The first kappa shape index (κ1) is 15.5. The molecule has 3 rings (SSSR count). The molecule has 1 aromatic heterocycles. The summed E-state index contributed by atoms with van der Waals surface area (Å²) in [6.45, 7) is 0.370. The Hall–Kier alpha value is -3.35. The van der Waals surface area contributed by atoms with E-state index in [9.17, 15) is 10.1 Å². The van der Waals surface area contributed by atoms with Crippen LogP contribution < -0.4 is 9.47 Å². The molecule has 0 aliphatic carbocycles. The molecule has 0 saturated heterocycles. The van der Waals surface area contributed by atoms with Gasteiger partial charge in [-0.05, 0) is 27.6 Å². The fourth-order valence-electron chi connectivity index (χ4n) is 2.14. The average Bonchev–Trinajstić information content (AvgIpc) is 2.96. The second-order valence-electron chi connectivity index (χ2n) is 5.06. The zero-order valence-corrected chi connectivity index (χ0v) is 13.0. The highest BCUT2D eigenvalue weighted by Gasteiger charge is 2.23. The first-order valence-electron chi connectivity index (χ1n) is 7.24. The monoisotopic (exact) mass is 325 g/mol. The van der Waals surface area contributed by atoms with Gasteiger partial charge in [-0.1, -0.05) is 42.5 Å². The maximum atomic E-state index is 11.0. The molecule has 0 fully saturated rings. The molecule has 1 heterocycles. The Bertz CT molecular complexity index is 846. The number of aromatic nitrogens is 2. The fourth-order valence-corrected chi connectivity index (χ4v) is 2.14. The Balaban J connectivity index is 1.82. The molecule has 24 heavy (non-hydrogen) atoms. The van der Waals surface area contributed by atoms with Gasteiger partial charge in [0.15, 0.2) is 11.5 Å². The quantitative estimate of drug-likeness (QED) is 0.510. The number of para-hydroxylation sites is 2. The predicted molar refractivity (Wildman–Crippen MR) is 87.2 cm³/mol. The zero-order valence-electron chi connectivity index (χ0n) is 13.0. The molecule has 0 atom stereocenters. The molecule has 0 bridgehead atoms. The van der Waals surface area contributed by atoms with E-state index in [1.54, 1.807) is 25.2 Å². The van der Waals surface area contributed by atoms with E-state index < -0.39 is 4.92 Å². The molecule has 3 aromatic rings. The Labute approximate surface area is 138 Å². The van der Waals surface area contributed by atoms with E-state index in [2.05, 4.69) is 4.98 Å². The van der Waals surface area contributed by atoms with Crippen molar-refractivity contribution in [3.8, 4) is 17.4 Å². The van der Waals surface area contributed by atoms with E-state index in [0.29, 0.717) is 18.1 Å². The number of nitrogens with zero attached hydrogens (tertiary/aromatic N) is 3. The highest BCUT2D eigenvalue weighted by molar-refractivity contribution is 5.45. The van der Waals surface area contributed by atoms with Gasteiger partial charge in [0, 0.05) is 7.05 Å². The first-order valence-corrected chi connectivity index (χ1v) is 7.24. The van der Waals surface area contributed by atoms with Gasteiger partial charge in [0.05, 0.1) is 0 Å². The number of benzene rings is 2. The number of hydrogen-bond donors (Lipinski definition) is 0. The first-order chi connectivity index (χ1) is 11.6. The summed E-state index contributed by atoms with van der Waals surface area (Å²) in [6.07, 6.45) is 1.33. The van der Waals surface area contributed by atoms with E-state index in [-0.39, 0.29) is 11.7 Å². The van der Waals surface area contributed by atoms with Crippen molar-refractivity contribution in [3.63, 3.8) is 0 Å². The minimum atomic E-state index is -0.581. The fraction of sp³-hybridized carbons (Fsp3) is 0.118. The van der Waals surface area contributed by atoms with Crippen molar-refractivity contribution in [2.24, 2.45) is 7.05 Å². The Morgan fingerprint density at radius 3 is 2.46 bits per heavy atom. The molecule has 7 nitrogen and oxygen atoms in total. The van der Waals surface area contributed by atoms with Crippen LogP contribution in [0.3, 0.4) is 0 Å². The lowest BCUT2D eigenvalue weighted by Gasteiger charge is -2.12. The zero-order chi connectivity index (χ0) is 16.9. The van der Waals surface area contributed by atoms with Crippen LogP contribution in [0.5, 0.6) is 17.4 Å². The van der Waals surface area contributed by atoms with Crippen molar-refractivity contribution in [3.05, 3.63) is 76.6 Å². The summed E-state index contributed by atoms with van der Waals surface area (Å²) in [5, 5.41) is 11.0. The summed E-state index contributed by atoms with van der Waals surface area (Å²) in [5.74, 6) is 0.600.